The van der Waals surface area contributed by atoms with E-state index in [0.29, 0.717) is 32.2 Å². The molecule has 0 aromatic heterocycles. The quantitative estimate of drug-likeness (QED) is 0.791. The molecule has 0 spiro atoms. The Kier molecular flexibility index (Phi) is 6.09. The highest BCUT2D eigenvalue weighted by molar-refractivity contribution is 7.92. The summed E-state index contributed by atoms with van der Waals surface area (Å²) >= 11 is 0. The van der Waals surface area contributed by atoms with E-state index in [2.05, 4.69) is 4.72 Å². The topological polar surface area (TPSA) is 69.7 Å². The molecule has 3 rings (SSSR count). The molecule has 30 heavy (non-hydrogen) atoms. The van der Waals surface area contributed by atoms with Gasteiger partial charge in [0.2, 0.25) is 0 Å². The summed E-state index contributed by atoms with van der Waals surface area (Å²) in [5, 5.41) is 0. The second-order valence-corrected chi connectivity index (χ2v) is 8.95. The van der Waals surface area contributed by atoms with Crippen LogP contribution in [0.3, 0.4) is 0 Å². The number of carbonyl (C=O) groups is 1. The van der Waals surface area contributed by atoms with Crippen LogP contribution in [0.4, 0.5) is 18.9 Å². The first-order valence-corrected chi connectivity index (χ1v) is 10.7. The Hall–Kier alpha value is -2.59. The van der Waals surface area contributed by atoms with E-state index in [1.54, 1.807) is 19.1 Å². The second-order valence-electron chi connectivity index (χ2n) is 7.27. The van der Waals surface area contributed by atoms with E-state index in [1.165, 1.54) is 23.1 Å². The molecule has 162 valence electrons. The van der Waals surface area contributed by atoms with E-state index < -0.39 is 33.2 Å². The fourth-order valence-electron chi connectivity index (χ4n) is 3.14. The number of hydrogen-bond acceptors (Lipinski definition) is 4. The summed E-state index contributed by atoms with van der Waals surface area (Å²) in [6, 6.07) is 8.78. The zero-order valence-corrected chi connectivity index (χ0v) is 17.3. The minimum Gasteiger partial charge on any atom is -0.336 e. The zero-order chi connectivity index (χ0) is 22.1. The molecule has 1 amide bonds. The van der Waals surface area contributed by atoms with Crippen molar-refractivity contribution in [3.63, 3.8) is 0 Å². The Morgan fingerprint density at radius 2 is 1.60 bits per heavy atom. The fraction of sp³-hybridized carbons (Fsp3) is 0.350. The van der Waals surface area contributed by atoms with Crippen molar-refractivity contribution in [3.8, 4) is 0 Å². The number of nitrogens with zero attached hydrogens (tertiary/aromatic N) is 2. The van der Waals surface area contributed by atoms with Crippen molar-refractivity contribution < 1.29 is 26.4 Å². The number of alkyl halides is 3. The molecule has 6 nitrogen and oxygen atoms in total. The summed E-state index contributed by atoms with van der Waals surface area (Å²) in [4.78, 5) is 16.0. The molecule has 1 heterocycles. The molecule has 0 unspecified atom stereocenters. The van der Waals surface area contributed by atoms with E-state index in [-0.39, 0.29) is 10.6 Å². The van der Waals surface area contributed by atoms with Gasteiger partial charge < -0.3 is 9.80 Å². The summed E-state index contributed by atoms with van der Waals surface area (Å²) in [6.45, 7) is 3.58. The van der Waals surface area contributed by atoms with Gasteiger partial charge in [-0.1, -0.05) is 17.7 Å². The van der Waals surface area contributed by atoms with Crippen LogP contribution < -0.4 is 4.72 Å². The highest BCUT2D eigenvalue weighted by Crippen LogP contribution is 2.35. The van der Waals surface area contributed by atoms with Crippen molar-refractivity contribution in [2.24, 2.45) is 0 Å². The lowest BCUT2D eigenvalue weighted by molar-refractivity contribution is -0.138. The summed E-state index contributed by atoms with van der Waals surface area (Å²) in [6.07, 6.45) is -4.82. The molecule has 1 aliphatic heterocycles. The van der Waals surface area contributed by atoms with Crippen molar-refractivity contribution >= 4 is 21.6 Å². The van der Waals surface area contributed by atoms with Gasteiger partial charge in [0.15, 0.2) is 0 Å². The van der Waals surface area contributed by atoms with Crippen molar-refractivity contribution in [3.05, 3.63) is 59.2 Å². The third kappa shape index (κ3) is 4.93. The molecule has 0 radical (unpaired) electrons. The van der Waals surface area contributed by atoms with Gasteiger partial charge in [-0.05, 0) is 44.3 Å². The number of benzene rings is 2. The van der Waals surface area contributed by atoms with Crippen molar-refractivity contribution in [2.75, 3.05) is 37.9 Å². The molecule has 2 aromatic carbocycles. The molecule has 1 fully saturated rings. The van der Waals surface area contributed by atoms with Gasteiger partial charge in [-0.3, -0.25) is 9.52 Å². The Bertz CT molecular complexity index is 1030. The van der Waals surface area contributed by atoms with Gasteiger partial charge in [-0.15, -0.1) is 0 Å². The van der Waals surface area contributed by atoms with Gasteiger partial charge in [0.05, 0.1) is 16.0 Å². The SMILES string of the molecule is Cc1ccc(S(=O)(=O)Nc2ccc(C(=O)N3CCN(C)CC3)c(C(F)(F)F)c2)cc1. The van der Waals surface area contributed by atoms with Crippen LogP contribution >= 0.6 is 0 Å². The molecular formula is C20H22F3N3O3S. The largest absolute Gasteiger partial charge is 0.417 e. The smallest absolute Gasteiger partial charge is 0.336 e. The number of hydrogen-bond donors (Lipinski definition) is 1. The lowest BCUT2D eigenvalue weighted by Crippen LogP contribution is -2.47. The minimum atomic E-state index is -4.82. The van der Waals surface area contributed by atoms with Gasteiger partial charge in [0.1, 0.15) is 0 Å². The Labute approximate surface area is 173 Å². The standard InChI is InChI=1S/C20H22F3N3O3S/c1-14-3-6-16(7-4-14)30(28,29)24-15-5-8-17(18(13-15)20(21,22)23)19(27)26-11-9-25(2)10-12-26/h3-8,13,24H,9-12H2,1-2H3. The number of halogens is 3. The predicted molar refractivity (Wildman–Crippen MR) is 107 cm³/mol. The molecule has 0 bridgehead atoms. The highest BCUT2D eigenvalue weighted by Gasteiger charge is 2.37. The van der Waals surface area contributed by atoms with Gasteiger partial charge in [0, 0.05) is 31.9 Å². The van der Waals surface area contributed by atoms with Gasteiger partial charge in [-0.2, -0.15) is 13.2 Å². The number of likely N-dealkylation sites (N-methyl/N-ethyl adjacent to an activating group) is 1. The first kappa shape index (κ1) is 22.1. The number of sulfonamides is 1. The fourth-order valence-corrected chi connectivity index (χ4v) is 4.19. The van der Waals surface area contributed by atoms with Crippen LogP contribution in [0.2, 0.25) is 0 Å². The zero-order valence-electron chi connectivity index (χ0n) is 16.5. The Morgan fingerprint density at radius 1 is 1.00 bits per heavy atom. The Balaban J connectivity index is 1.91. The van der Waals surface area contributed by atoms with Crippen LogP contribution in [-0.4, -0.2) is 57.4 Å². The van der Waals surface area contributed by atoms with Crippen LogP contribution in [0.25, 0.3) is 0 Å². The first-order valence-electron chi connectivity index (χ1n) is 9.26. The molecule has 0 atom stereocenters. The number of rotatable bonds is 4. The predicted octanol–water partition coefficient (Wildman–Crippen LogP) is 3.20. The summed E-state index contributed by atoms with van der Waals surface area (Å²) in [5.41, 5.74) is -1.08. The van der Waals surface area contributed by atoms with Crippen molar-refractivity contribution in [1.82, 2.24) is 9.80 Å². The highest BCUT2D eigenvalue weighted by atomic mass is 32.2. The second kappa shape index (κ2) is 8.27. The number of piperazine rings is 1. The summed E-state index contributed by atoms with van der Waals surface area (Å²) < 4.78 is 68.1. The Morgan fingerprint density at radius 3 is 2.17 bits per heavy atom. The number of aryl methyl sites for hydroxylation is 1. The molecule has 0 aliphatic carbocycles. The van der Waals surface area contributed by atoms with E-state index in [9.17, 15) is 26.4 Å². The normalized spacial score (nSPS) is 15.8. The van der Waals surface area contributed by atoms with E-state index >= 15 is 0 Å². The maximum Gasteiger partial charge on any atom is 0.417 e. The van der Waals surface area contributed by atoms with Crippen LogP contribution in [0.15, 0.2) is 47.4 Å². The third-order valence-electron chi connectivity index (χ3n) is 4.93. The van der Waals surface area contributed by atoms with Crippen LogP contribution in [0, 0.1) is 6.92 Å². The van der Waals surface area contributed by atoms with Crippen LogP contribution in [0.1, 0.15) is 21.5 Å². The monoisotopic (exact) mass is 441 g/mol. The maximum atomic E-state index is 13.7. The molecule has 10 heteroatoms. The minimum absolute atomic E-state index is 0.0701. The van der Waals surface area contributed by atoms with E-state index in [1.807, 2.05) is 11.9 Å². The summed E-state index contributed by atoms with van der Waals surface area (Å²) in [7, 11) is -2.20. The molecule has 1 aliphatic rings. The molecule has 2 aromatic rings. The maximum absolute atomic E-state index is 13.7. The number of nitrogens with one attached hydrogen (secondary N) is 1. The molecule has 1 N–H and O–H groups in total. The third-order valence-corrected chi connectivity index (χ3v) is 6.33. The average Bonchev–Trinajstić information content (AvgIpc) is 2.67. The van der Waals surface area contributed by atoms with Crippen molar-refractivity contribution in [1.29, 1.82) is 0 Å². The van der Waals surface area contributed by atoms with Gasteiger partial charge in [-0.25, -0.2) is 8.42 Å². The lowest BCUT2D eigenvalue weighted by Gasteiger charge is -2.33. The molecule has 1 saturated heterocycles. The first-order chi connectivity index (χ1) is 14.0. The number of amides is 1. The van der Waals surface area contributed by atoms with Crippen LogP contribution in [-0.2, 0) is 16.2 Å². The number of anilines is 1. The molecule has 0 saturated carbocycles. The molecular weight excluding hydrogens is 419 g/mol. The van der Waals surface area contributed by atoms with Gasteiger partial charge in [0.25, 0.3) is 15.9 Å². The van der Waals surface area contributed by atoms with Crippen LogP contribution in [0.5, 0.6) is 0 Å². The van der Waals surface area contributed by atoms with Crippen molar-refractivity contribution in [2.45, 2.75) is 18.0 Å². The average molecular weight is 441 g/mol. The van der Waals surface area contributed by atoms with Gasteiger partial charge >= 0.3 is 6.18 Å². The van der Waals surface area contributed by atoms with E-state index in [0.717, 1.165) is 11.6 Å². The van der Waals surface area contributed by atoms with E-state index in [4.69, 9.17) is 0 Å². The number of carbonyl (C=O) groups excluding carboxylic acids is 1. The summed E-state index contributed by atoms with van der Waals surface area (Å²) in [5.74, 6) is -0.719. The lowest BCUT2D eigenvalue weighted by atomic mass is 10.0.